The third kappa shape index (κ3) is 29.7. The SMILES string of the molecule is C=CC(=O)OCCCC(CCC(CCCCCCCCOc1ccc(-c2nc(Cl)nc(-c3ccc(OCCCCCCCCC(CCC(CCCOC(=O)C=C)OC(=O)C=C)OC(=O)C=C)cc3O)n2)c(O)c1)OC(=O)C=C)OC(=O)C=C. The van der Waals surface area contributed by atoms with Gasteiger partial charge in [-0.05, 0) is 126 Å². The topological polar surface area (TPSA) is 255 Å². The van der Waals surface area contributed by atoms with Gasteiger partial charge in [0.15, 0.2) is 11.6 Å². The number of hydrogen-bond acceptors (Lipinski definition) is 19. The van der Waals surface area contributed by atoms with E-state index in [1.165, 1.54) is 12.1 Å². The molecule has 3 rings (SSSR count). The van der Waals surface area contributed by atoms with E-state index in [2.05, 4.69) is 54.4 Å². The minimum absolute atomic E-state index is 0.0969. The summed E-state index contributed by atoms with van der Waals surface area (Å²) in [4.78, 5) is 83.8. The van der Waals surface area contributed by atoms with Crippen LogP contribution in [-0.2, 0) is 57.2 Å². The molecule has 1 aromatic heterocycles. The number of benzene rings is 2. The van der Waals surface area contributed by atoms with Gasteiger partial charge < -0.3 is 48.1 Å². The van der Waals surface area contributed by atoms with Gasteiger partial charge in [-0.1, -0.05) is 90.8 Å². The lowest BCUT2D eigenvalue weighted by Crippen LogP contribution is -2.23. The van der Waals surface area contributed by atoms with E-state index in [0.717, 1.165) is 114 Å². The second kappa shape index (κ2) is 41.2. The fraction of sp³-hybridized carbons (Fsp3) is 0.476. The molecule has 4 atom stereocenters. The van der Waals surface area contributed by atoms with Crippen LogP contribution in [0.1, 0.15) is 141 Å². The van der Waals surface area contributed by atoms with Gasteiger partial charge in [-0.15, -0.1) is 0 Å². The molecule has 83 heavy (non-hydrogen) atoms. The lowest BCUT2D eigenvalue weighted by molar-refractivity contribution is -0.148. The number of esters is 6. The zero-order valence-corrected chi connectivity index (χ0v) is 48.5. The van der Waals surface area contributed by atoms with Crippen LogP contribution in [-0.4, -0.2) is 112 Å². The lowest BCUT2D eigenvalue weighted by atomic mass is 10.0. The van der Waals surface area contributed by atoms with E-state index in [0.29, 0.717) is 88.9 Å². The summed E-state index contributed by atoms with van der Waals surface area (Å²) < 4.78 is 44.1. The molecule has 0 aliphatic carbocycles. The molecule has 1 heterocycles. The Morgan fingerprint density at radius 2 is 0.699 bits per heavy atom. The van der Waals surface area contributed by atoms with E-state index in [1.54, 1.807) is 24.3 Å². The van der Waals surface area contributed by atoms with Crippen LogP contribution >= 0.6 is 11.6 Å². The summed E-state index contributed by atoms with van der Waals surface area (Å²) in [5, 5.41) is 21.9. The Balaban J connectivity index is 1.39. The average molecular weight is 1170 g/mol. The maximum atomic E-state index is 12.1. The largest absolute Gasteiger partial charge is 0.507 e. The normalized spacial score (nSPS) is 12.2. The first-order valence-electron chi connectivity index (χ1n) is 28.4. The Hall–Kier alpha value is -7.80. The number of carbonyl (C=O) groups is 6. The highest BCUT2D eigenvalue weighted by Gasteiger charge is 2.22. The van der Waals surface area contributed by atoms with Crippen LogP contribution in [0.4, 0.5) is 0 Å². The smallest absolute Gasteiger partial charge is 0.330 e. The number of nitrogens with zero attached hydrogens (tertiary/aromatic N) is 3. The number of unbranched alkanes of at least 4 members (excludes halogenated alkanes) is 10. The van der Waals surface area contributed by atoms with Gasteiger partial charge in [-0.25, -0.2) is 33.8 Å². The second-order valence-corrected chi connectivity index (χ2v) is 19.7. The summed E-state index contributed by atoms with van der Waals surface area (Å²) in [6.45, 7) is 21.9. The Morgan fingerprint density at radius 1 is 0.398 bits per heavy atom. The molecule has 0 saturated carbocycles. The predicted molar refractivity (Wildman–Crippen MR) is 314 cm³/mol. The van der Waals surface area contributed by atoms with E-state index >= 15 is 0 Å². The van der Waals surface area contributed by atoms with Crippen molar-refractivity contribution < 1.29 is 76.9 Å². The Bertz CT molecular complexity index is 2420. The predicted octanol–water partition coefficient (Wildman–Crippen LogP) is 12.5. The molecule has 0 aliphatic heterocycles. The highest BCUT2D eigenvalue weighted by atomic mass is 35.5. The van der Waals surface area contributed by atoms with Crippen LogP contribution < -0.4 is 9.47 Å². The van der Waals surface area contributed by atoms with Gasteiger partial charge >= 0.3 is 35.8 Å². The highest BCUT2D eigenvalue weighted by molar-refractivity contribution is 6.28. The number of ether oxygens (including phenoxy) is 8. The Labute approximate surface area is 492 Å². The van der Waals surface area contributed by atoms with Crippen molar-refractivity contribution in [2.24, 2.45) is 0 Å². The van der Waals surface area contributed by atoms with E-state index < -0.39 is 48.0 Å². The Morgan fingerprint density at radius 3 is 1.01 bits per heavy atom. The minimum atomic E-state index is -0.559. The van der Waals surface area contributed by atoms with Gasteiger partial charge in [-0.3, -0.25) is 0 Å². The summed E-state index contributed by atoms with van der Waals surface area (Å²) in [6.07, 6.45) is 20.6. The van der Waals surface area contributed by atoms with Crippen LogP contribution in [0.25, 0.3) is 22.8 Å². The second-order valence-electron chi connectivity index (χ2n) is 19.4. The number of rotatable bonds is 46. The molecular formula is C63H82ClN3O16. The molecule has 4 unspecified atom stereocenters. The standard InChI is InChI=1S/C63H82ClN3O16/c1-7-55(70)78-41-25-29-47(82-59(74)11-5)33-31-45(80-57(72)9-3)27-21-17-13-15-19-23-39-76-49-35-37-51(53(68)43-49)61-65-62(67-63(64)66-61)52-38-36-50(44-54(52)69)77-40-24-20-16-14-18-22-28-46(81-58(73)10-4)32-34-48(83-60(75)12-6)30-26-42-79-56(71)8-2/h7-12,35-38,43-48,68-69H,1-6,13-34,39-42H2. The molecule has 0 spiro atoms. The maximum absolute atomic E-state index is 12.1. The van der Waals surface area contributed by atoms with Gasteiger partial charge in [0.2, 0.25) is 5.28 Å². The van der Waals surface area contributed by atoms with Crippen LogP contribution in [0.3, 0.4) is 0 Å². The molecule has 0 radical (unpaired) electrons. The summed E-state index contributed by atoms with van der Waals surface area (Å²) in [6, 6.07) is 9.60. The molecule has 0 bridgehead atoms. The maximum Gasteiger partial charge on any atom is 0.330 e. The zero-order chi connectivity index (χ0) is 60.6. The van der Waals surface area contributed by atoms with Gasteiger partial charge in [-0.2, -0.15) is 9.97 Å². The molecule has 20 heteroatoms. The van der Waals surface area contributed by atoms with Crippen LogP contribution in [0, 0.1) is 0 Å². The van der Waals surface area contributed by atoms with Gasteiger partial charge in [0.25, 0.3) is 0 Å². The van der Waals surface area contributed by atoms with E-state index in [1.807, 2.05) is 0 Å². The molecule has 2 aromatic carbocycles. The van der Waals surface area contributed by atoms with Crippen molar-refractivity contribution in [2.45, 2.75) is 166 Å². The molecular weight excluding hydrogens is 1090 g/mol. The number of halogens is 1. The summed E-state index contributed by atoms with van der Waals surface area (Å²) in [5.74, 6) is -2.36. The van der Waals surface area contributed by atoms with Crippen LogP contribution in [0.2, 0.25) is 5.28 Å². The molecule has 19 nitrogen and oxygen atoms in total. The van der Waals surface area contributed by atoms with Crippen molar-refractivity contribution in [1.29, 1.82) is 0 Å². The van der Waals surface area contributed by atoms with E-state index in [4.69, 9.17) is 49.5 Å². The number of carbonyl (C=O) groups excluding carboxylic acids is 6. The summed E-state index contributed by atoms with van der Waals surface area (Å²) in [7, 11) is 0. The summed E-state index contributed by atoms with van der Waals surface area (Å²) >= 11 is 6.33. The van der Waals surface area contributed by atoms with Gasteiger partial charge in [0.05, 0.1) is 37.6 Å². The summed E-state index contributed by atoms with van der Waals surface area (Å²) in [5.41, 5.74) is 0.575. The van der Waals surface area contributed by atoms with Crippen LogP contribution in [0.15, 0.2) is 112 Å². The number of aromatic hydroxyl groups is 2. The fourth-order valence-corrected chi connectivity index (χ4v) is 8.80. The first-order valence-corrected chi connectivity index (χ1v) is 28.7. The fourth-order valence-electron chi connectivity index (χ4n) is 8.64. The number of aromatic nitrogens is 3. The first-order chi connectivity index (χ1) is 40.1. The quantitative estimate of drug-likeness (QED) is 0.0231. The Kier molecular flexibility index (Phi) is 34.5. The van der Waals surface area contributed by atoms with Crippen molar-refractivity contribution in [3.63, 3.8) is 0 Å². The van der Waals surface area contributed by atoms with E-state index in [-0.39, 0.29) is 65.0 Å². The third-order valence-electron chi connectivity index (χ3n) is 13.0. The molecule has 0 aliphatic rings. The molecule has 0 fully saturated rings. The zero-order valence-electron chi connectivity index (χ0n) is 47.7. The van der Waals surface area contributed by atoms with Crippen LogP contribution in [0.5, 0.6) is 23.0 Å². The monoisotopic (exact) mass is 1170 g/mol. The van der Waals surface area contributed by atoms with E-state index in [9.17, 15) is 39.0 Å². The number of phenols is 2. The van der Waals surface area contributed by atoms with Crippen molar-refractivity contribution in [1.82, 2.24) is 15.0 Å². The minimum Gasteiger partial charge on any atom is -0.507 e. The number of hydrogen-bond donors (Lipinski definition) is 2. The first kappa shape index (κ1) is 69.5. The average Bonchev–Trinajstić information content (AvgIpc) is 3.65. The highest BCUT2D eigenvalue weighted by Crippen LogP contribution is 2.35. The van der Waals surface area contributed by atoms with Gasteiger partial charge in [0, 0.05) is 48.6 Å². The number of phenolic OH excluding ortho intramolecular Hbond substituents is 2. The lowest BCUT2D eigenvalue weighted by Gasteiger charge is -2.21. The van der Waals surface area contributed by atoms with Crippen molar-refractivity contribution in [2.75, 3.05) is 26.4 Å². The molecule has 452 valence electrons. The third-order valence-corrected chi connectivity index (χ3v) is 13.2. The molecule has 0 saturated heterocycles. The molecule has 2 N–H and O–H groups in total. The van der Waals surface area contributed by atoms with Crippen molar-refractivity contribution in [3.8, 4) is 45.8 Å². The van der Waals surface area contributed by atoms with Gasteiger partial charge in [0.1, 0.15) is 47.4 Å². The van der Waals surface area contributed by atoms with Crippen molar-refractivity contribution >= 4 is 47.4 Å². The molecule has 3 aromatic rings. The molecule has 0 amide bonds. The van der Waals surface area contributed by atoms with Crippen molar-refractivity contribution in [3.05, 3.63) is 118 Å².